The van der Waals surface area contributed by atoms with Gasteiger partial charge in [0, 0.05) is 10.9 Å². The molecule has 0 atom stereocenters. The molecule has 4 rings (SSSR count). The zero-order valence-corrected chi connectivity index (χ0v) is 13.7. The lowest BCUT2D eigenvalue weighted by Gasteiger charge is -2.12. The first-order valence-corrected chi connectivity index (χ1v) is 7.96. The van der Waals surface area contributed by atoms with Crippen molar-refractivity contribution in [3.05, 3.63) is 71.3 Å². The average molecular weight is 340 g/mol. The summed E-state index contributed by atoms with van der Waals surface area (Å²) in [5.74, 6) is -0.102. The number of hydrogen-bond donors (Lipinski definition) is 0. The molecule has 0 unspecified atom stereocenters. The number of hydrogen-bond acceptors (Lipinski definition) is 1. The standard InChI is InChI=1S/C21H15F3O/c1-12-6-5-7-13(2)17(12)20-19(21(22,23)24)18-15-9-4-3-8-14(15)10-11-16(18)25-20/h3-11H,1-2H3. The van der Waals surface area contributed by atoms with Crippen LogP contribution in [0.1, 0.15) is 16.7 Å². The molecule has 25 heavy (non-hydrogen) atoms. The van der Waals surface area contributed by atoms with Gasteiger partial charge in [-0.2, -0.15) is 13.2 Å². The summed E-state index contributed by atoms with van der Waals surface area (Å²) in [6.07, 6.45) is -4.51. The molecule has 4 heteroatoms. The van der Waals surface area contributed by atoms with Crippen LogP contribution in [0.15, 0.2) is 59.0 Å². The van der Waals surface area contributed by atoms with E-state index in [1.807, 2.05) is 12.1 Å². The van der Waals surface area contributed by atoms with E-state index in [2.05, 4.69) is 0 Å². The number of benzene rings is 3. The van der Waals surface area contributed by atoms with Gasteiger partial charge < -0.3 is 4.42 Å². The van der Waals surface area contributed by atoms with Gasteiger partial charge in [0.2, 0.25) is 0 Å². The quantitative estimate of drug-likeness (QED) is 0.368. The van der Waals surface area contributed by atoms with Crippen molar-refractivity contribution in [2.24, 2.45) is 0 Å². The van der Waals surface area contributed by atoms with E-state index < -0.39 is 11.7 Å². The van der Waals surface area contributed by atoms with Gasteiger partial charge >= 0.3 is 6.18 Å². The normalized spacial score (nSPS) is 12.2. The van der Waals surface area contributed by atoms with Crippen molar-refractivity contribution in [3.8, 4) is 11.3 Å². The minimum absolute atomic E-state index is 0.102. The van der Waals surface area contributed by atoms with E-state index in [9.17, 15) is 13.2 Å². The van der Waals surface area contributed by atoms with Crippen LogP contribution in [0.5, 0.6) is 0 Å². The predicted molar refractivity (Wildman–Crippen MR) is 93.6 cm³/mol. The maximum Gasteiger partial charge on any atom is 0.420 e. The Balaban J connectivity index is 2.22. The van der Waals surface area contributed by atoms with E-state index in [1.54, 1.807) is 56.3 Å². The van der Waals surface area contributed by atoms with Crippen molar-refractivity contribution < 1.29 is 17.6 Å². The molecule has 0 saturated heterocycles. The van der Waals surface area contributed by atoms with Crippen LogP contribution in [0.25, 0.3) is 33.1 Å². The summed E-state index contributed by atoms with van der Waals surface area (Å²) in [6, 6.07) is 15.9. The largest absolute Gasteiger partial charge is 0.455 e. The number of furan rings is 1. The molecule has 0 radical (unpaired) electrons. The first kappa shape index (κ1) is 15.8. The molecule has 0 bridgehead atoms. The van der Waals surface area contributed by atoms with E-state index in [0.717, 1.165) is 16.5 Å². The number of aryl methyl sites for hydroxylation is 2. The molecule has 0 aliphatic heterocycles. The van der Waals surface area contributed by atoms with Gasteiger partial charge in [0.25, 0.3) is 0 Å². The highest BCUT2D eigenvalue weighted by atomic mass is 19.4. The molecule has 0 aliphatic rings. The fourth-order valence-corrected chi connectivity index (χ4v) is 3.49. The summed E-state index contributed by atoms with van der Waals surface area (Å²) in [6.45, 7) is 3.60. The molecule has 0 fully saturated rings. The number of halogens is 3. The zero-order chi connectivity index (χ0) is 17.8. The summed E-state index contributed by atoms with van der Waals surface area (Å²) in [5, 5.41) is 1.44. The van der Waals surface area contributed by atoms with Gasteiger partial charge in [0.1, 0.15) is 16.9 Å². The molecule has 0 saturated carbocycles. The van der Waals surface area contributed by atoms with Gasteiger partial charge in [-0.1, -0.05) is 48.5 Å². The van der Waals surface area contributed by atoms with Crippen molar-refractivity contribution in [1.82, 2.24) is 0 Å². The third-order valence-electron chi connectivity index (χ3n) is 4.57. The van der Waals surface area contributed by atoms with Gasteiger partial charge in [0.05, 0.1) is 0 Å². The highest BCUT2D eigenvalue weighted by Gasteiger charge is 2.40. The Hall–Kier alpha value is -2.75. The smallest absolute Gasteiger partial charge is 0.420 e. The van der Waals surface area contributed by atoms with E-state index >= 15 is 0 Å². The maximum atomic E-state index is 14.0. The summed E-state index contributed by atoms with van der Waals surface area (Å²) in [7, 11) is 0. The van der Waals surface area contributed by atoms with Crippen LogP contribution in [0, 0.1) is 13.8 Å². The summed E-state index contributed by atoms with van der Waals surface area (Å²) < 4.78 is 47.8. The van der Waals surface area contributed by atoms with Gasteiger partial charge in [-0.3, -0.25) is 0 Å². The van der Waals surface area contributed by atoms with Crippen LogP contribution in [-0.2, 0) is 6.18 Å². The highest BCUT2D eigenvalue weighted by molar-refractivity contribution is 6.09. The lowest BCUT2D eigenvalue weighted by molar-refractivity contribution is -0.136. The van der Waals surface area contributed by atoms with Gasteiger partial charge in [-0.25, -0.2) is 0 Å². The van der Waals surface area contributed by atoms with Gasteiger partial charge in [-0.05, 0) is 41.8 Å². The number of fused-ring (bicyclic) bond motifs is 3. The second kappa shape index (κ2) is 5.38. The fourth-order valence-electron chi connectivity index (χ4n) is 3.49. The maximum absolute atomic E-state index is 14.0. The van der Waals surface area contributed by atoms with Crippen LogP contribution < -0.4 is 0 Å². The summed E-state index contributed by atoms with van der Waals surface area (Å²) >= 11 is 0. The van der Waals surface area contributed by atoms with E-state index in [1.165, 1.54) is 0 Å². The molecule has 1 nitrogen and oxygen atoms in total. The highest BCUT2D eigenvalue weighted by Crippen LogP contribution is 2.47. The van der Waals surface area contributed by atoms with Gasteiger partial charge in [-0.15, -0.1) is 0 Å². The lowest BCUT2D eigenvalue weighted by Crippen LogP contribution is -2.06. The third-order valence-corrected chi connectivity index (χ3v) is 4.57. The Bertz CT molecular complexity index is 1080. The van der Waals surface area contributed by atoms with E-state index in [-0.39, 0.29) is 16.7 Å². The topological polar surface area (TPSA) is 13.1 Å². The third kappa shape index (κ3) is 2.40. The van der Waals surface area contributed by atoms with Crippen molar-refractivity contribution in [2.75, 3.05) is 0 Å². The number of alkyl halides is 3. The molecule has 4 aromatic rings. The van der Waals surface area contributed by atoms with Crippen molar-refractivity contribution >= 4 is 21.7 Å². The van der Waals surface area contributed by atoms with Crippen molar-refractivity contribution in [2.45, 2.75) is 20.0 Å². The predicted octanol–water partition coefficient (Wildman–Crippen LogP) is 6.89. The summed E-state index contributed by atoms with van der Waals surface area (Å²) in [5.41, 5.74) is 1.58. The van der Waals surface area contributed by atoms with Crippen molar-refractivity contribution in [3.63, 3.8) is 0 Å². The van der Waals surface area contributed by atoms with E-state index in [4.69, 9.17) is 4.42 Å². The summed E-state index contributed by atoms with van der Waals surface area (Å²) in [4.78, 5) is 0. The minimum atomic E-state index is -4.51. The van der Waals surface area contributed by atoms with Gasteiger partial charge in [0.15, 0.2) is 0 Å². The van der Waals surface area contributed by atoms with Crippen LogP contribution in [-0.4, -0.2) is 0 Å². The zero-order valence-electron chi connectivity index (χ0n) is 13.7. The molecule has 0 amide bonds. The monoisotopic (exact) mass is 340 g/mol. The molecule has 0 N–H and O–H groups in total. The molecule has 0 aliphatic carbocycles. The van der Waals surface area contributed by atoms with Crippen LogP contribution >= 0.6 is 0 Å². The second-order valence-corrected chi connectivity index (χ2v) is 6.23. The SMILES string of the molecule is Cc1cccc(C)c1-c1oc2ccc3ccccc3c2c1C(F)(F)F. The Kier molecular flexibility index (Phi) is 3.39. The second-order valence-electron chi connectivity index (χ2n) is 6.23. The first-order valence-electron chi connectivity index (χ1n) is 7.96. The van der Waals surface area contributed by atoms with Crippen LogP contribution in [0.4, 0.5) is 13.2 Å². The fraction of sp³-hybridized carbons (Fsp3) is 0.143. The minimum Gasteiger partial charge on any atom is -0.455 e. The lowest BCUT2D eigenvalue weighted by atomic mass is 9.95. The molecule has 1 aromatic heterocycles. The molecule has 0 spiro atoms. The molecule has 126 valence electrons. The van der Waals surface area contributed by atoms with Crippen LogP contribution in [0.2, 0.25) is 0 Å². The first-order chi connectivity index (χ1) is 11.9. The Morgan fingerprint density at radius 1 is 0.800 bits per heavy atom. The molecular weight excluding hydrogens is 325 g/mol. The Morgan fingerprint density at radius 3 is 2.16 bits per heavy atom. The Labute approximate surface area is 142 Å². The molecule has 3 aromatic carbocycles. The van der Waals surface area contributed by atoms with E-state index in [0.29, 0.717) is 10.9 Å². The Morgan fingerprint density at radius 2 is 1.48 bits per heavy atom. The van der Waals surface area contributed by atoms with Crippen LogP contribution in [0.3, 0.4) is 0 Å². The van der Waals surface area contributed by atoms with Crippen molar-refractivity contribution in [1.29, 1.82) is 0 Å². The average Bonchev–Trinajstić information content (AvgIpc) is 2.94. The molecule has 1 heterocycles. The molecular formula is C21H15F3O. The number of rotatable bonds is 1.